The van der Waals surface area contributed by atoms with Gasteiger partial charge in [-0.25, -0.2) is 0 Å². The van der Waals surface area contributed by atoms with Gasteiger partial charge in [-0.2, -0.15) is 4.98 Å². The molecule has 9 nitrogen and oxygen atoms in total. The van der Waals surface area contributed by atoms with Crippen LogP contribution in [0.5, 0.6) is 5.88 Å². The van der Waals surface area contributed by atoms with E-state index in [1.165, 1.54) is 0 Å². The summed E-state index contributed by atoms with van der Waals surface area (Å²) in [5.41, 5.74) is 9.69. The second-order valence-electron chi connectivity index (χ2n) is 9.71. The number of pyridine rings is 1. The first kappa shape index (κ1) is 27.9. The fourth-order valence-electron chi connectivity index (χ4n) is 3.75. The highest BCUT2D eigenvalue weighted by atomic mass is 35.5. The van der Waals surface area contributed by atoms with Gasteiger partial charge in [0.25, 0.3) is 0 Å². The molecule has 1 amide bonds. The van der Waals surface area contributed by atoms with Gasteiger partial charge in [0, 0.05) is 48.1 Å². The summed E-state index contributed by atoms with van der Waals surface area (Å²) in [5.74, 6) is 0.612. The second-order valence-corrected chi connectivity index (χ2v) is 10.5. The Kier molecular flexibility index (Phi) is 10.1. The topological polar surface area (TPSA) is 106 Å². The Morgan fingerprint density at radius 1 is 1.17 bits per heavy atom. The molecule has 1 saturated heterocycles. The number of halogens is 2. The quantitative estimate of drug-likeness (QED) is 0.170. The lowest BCUT2D eigenvalue weighted by Crippen LogP contribution is -2.46. The zero-order valence-corrected chi connectivity index (χ0v) is 22.5. The van der Waals surface area contributed by atoms with E-state index in [0.717, 1.165) is 51.3 Å². The highest BCUT2D eigenvalue weighted by Crippen LogP contribution is 2.33. The minimum atomic E-state index is -0.583. The first-order valence-electron chi connectivity index (χ1n) is 12.1. The molecule has 0 atom stereocenters. The van der Waals surface area contributed by atoms with Gasteiger partial charge in [0.2, 0.25) is 11.8 Å². The number of amides is 1. The Hall–Kier alpha value is -2.71. The van der Waals surface area contributed by atoms with E-state index in [1.807, 2.05) is 39.0 Å². The Morgan fingerprint density at radius 3 is 2.61 bits per heavy atom. The van der Waals surface area contributed by atoms with Crippen LogP contribution in [0.25, 0.3) is 10.4 Å². The van der Waals surface area contributed by atoms with Crippen molar-refractivity contribution in [1.29, 1.82) is 0 Å². The van der Waals surface area contributed by atoms with E-state index < -0.39 is 5.41 Å². The van der Waals surface area contributed by atoms with Crippen molar-refractivity contribution in [2.24, 2.45) is 10.5 Å². The van der Waals surface area contributed by atoms with E-state index in [-0.39, 0.29) is 12.5 Å². The number of benzene rings is 1. The van der Waals surface area contributed by atoms with E-state index in [0.29, 0.717) is 33.9 Å². The van der Waals surface area contributed by atoms with Gasteiger partial charge in [0.1, 0.15) is 5.82 Å². The smallest absolute Gasteiger partial charge is 0.230 e. The molecule has 2 aromatic rings. The first-order valence-corrected chi connectivity index (χ1v) is 12.8. The Morgan fingerprint density at radius 2 is 1.92 bits per heavy atom. The van der Waals surface area contributed by atoms with Gasteiger partial charge in [-0.15, -0.1) is 0 Å². The predicted octanol–water partition coefficient (Wildman–Crippen LogP) is 6.16. The Bertz CT molecular complexity index is 1090. The van der Waals surface area contributed by atoms with Crippen molar-refractivity contribution in [3.05, 3.63) is 56.4 Å². The van der Waals surface area contributed by atoms with E-state index in [2.05, 4.69) is 30.1 Å². The lowest BCUT2D eigenvalue weighted by atomic mass is 9.95. The highest BCUT2D eigenvalue weighted by molar-refractivity contribution is 6.43. The average Bonchev–Trinajstić information content (AvgIpc) is 2.85. The van der Waals surface area contributed by atoms with Gasteiger partial charge in [0.15, 0.2) is 0 Å². The van der Waals surface area contributed by atoms with Crippen LogP contribution >= 0.6 is 23.2 Å². The summed E-state index contributed by atoms with van der Waals surface area (Å²) in [6.07, 6.45) is 1.88. The SMILES string of the molecule is CC(C)(C)C(=O)Nc1nc(OCCCCN2CCN(c3cccc(Cl)c3Cl)CC2)ccc1CN=[N+]=[N-]. The molecule has 11 heteroatoms. The minimum absolute atomic E-state index is 0.0975. The molecule has 0 radical (unpaired) electrons. The molecule has 1 aliphatic heterocycles. The normalized spacial score (nSPS) is 14.3. The molecule has 2 heterocycles. The number of nitrogens with one attached hydrogen (secondary N) is 1. The summed E-state index contributed by atoms with van der Waals surface area (Å²) < 4.78 is 5.84. The molecule has 0 aliphatic carbocycles. The first-order chi connectivity index (χ1) is 17.2. The molecule has 1 aromatic heterocycles. The van der Waals surface area contributed by atoms with Crippen molar-refractivity contribution in [3.8, 4) is 5.88 Å². The van der Waals surface area contributed by atoms with Crippen LogP contribution in [0, 0.1) is 5.41 Å². The molecule has 1 aliphatic rings. The summed E-state index contributed by atoms with van der Waals surface area (Å²) in [7, 11) is 0. The fourth-order valence-corrected chi connectivity index (χ4v) is 4.17. The van der Waals surface area contributed by atoms with Crippen molar-refractivity contribution in [3.63, 3.8) is 0 Å². The molecule has 0 unspecified atom stereocenters. The monoisotopic (exact) mass is 533 g/mol. The van der Waals surface area contributed by atoms with Crippen molar-refractivity contribution in [2.45, 2.75) is 40.2 Å². The summed E-state index contributed by atoms with van der Waals surface area (Å²) in [4.78, 5) is 24.4. The number of carbonyl (C=O) groups excluding carboxylic acids is 1. The minimum Gasteiger partial charge on any atom is -0.478 e. The molecular weight excluding hydrogens is 501 g/mol. The van der Waals surface area contributed by atoms with Crippen LogP contribution in [0.4, 0.5) is 11.5 Å². The molecule has 1 N–H and O–H groups in total. The van der Waals surface area contributed by atoms with E-state index >= 15 is 0 Å². The van der Waals surface area contributed by atoms with Crippen LogP contribution in [-0.2, 0) is 11.3 Å². The number of ether oxygens (including phenoxy) is 1. The summed E-state index contributed by atoms with van der Waals surface area (Å²) in [6, 6.07) is 9.25. The number of aromatic nitrogens is 1. The number of unbranched alkanes of at least 4 members (excludes halogenated alkanes) is 1. The van der Waals surface area contributed by atoms with Gasteiger partial charge < -0.3 is 15.0 Å². The maximum absolute atomic E-state index is 12.4. The molecule has 1 aromatic carbocycles. The van der Waals surface area contributed by atoms with E-state index in [1.54, 1.807) is 12.1 Å². The standard InChI is InChI=1S/C25H33Cl2N7O2/c1-25(2,3)24(35)31-23-18(17-29-32-28)9-10-21(30-23)36-16-5-4-11-33-12-14-34(15-13-33)20-8-6-7-19(26)22(20)27/h6-10H,4-5,11-17H2,1-3H3,(H,30,31,35). The Labute approximate surface area is 222 Å². The number of azide groups is 1. The third-order valence-electron chi connectivity index (χ3n) is 5.93. The summed E-state index contributed by atoms with van der Waals surface area (Å²) in [5, 5.41) is 7.62. The van der Waals surface area contributed by atoms with Crippen molar-refractivity contribution in [1.82, 2.24) is 9.88 Å². The molecule has 0 saturated carbocycles. The third-order valence-corrected chi connectivity index (χ3v) is 6.74. The molecule has 36 heavy (non-hydrogen) atoms. The number of piperazine rings is 1. The number of carbonyl (C=O) groups is 1. The largest absolute Gasteiger partial charge is 0.478 e. The maximum Gasteiger partial charge on any atom is 0.230 e. The molecule has 0 bridgehead atoms. The van der Waals surface area contributed by atoms with Crippen molar-refractivity contribution >= 4 is 40.6 Å². The Balaban J connectivity index is 1.44. The van der Waals surface area contributed by atoms with Crippen LogP contribution in [0.3, 0.4) is 0 Å². The molecular formula is C25H33Cl2N7O2. The number of rotatable bonds is 10. The number of hydrogen-bond donors (Lipinski definition) is 1. The number of nitrogens with zero attached hydrogens (tertiary/aromatic N) is 6. The van der Waals surface area contributed by atoms with E-state index in [4.69, 9.17) is 33.5 Å². The zero-order chi connectivity index (χ0) is 26.1. The summed E-state index contributed by atoms with van der Waals surface area (Å²) >= 11 is 12.5. The van der Waals surface area contributed by atoms with Crippen LogP contribution in [-0.4, -0.2) is 55.1 Å². The van der Waals surface area contributed by atoms with Crippen LogP contribution in [0.1, 0.15) is 39.2 Å². The number of anilines is 2. The third kappa shape index (κ3) is 7.90. The lowest BCUT2D eigenvalue weighted by Gasteiger charge is -2.36. The van der Waals surface area contributed by atoms with Crippen LogP contribution < -0.4 is 15.0 Å². The predicted molar refractivity (Wildman–Crippen MR) is 145 cm³/mol. The second kappa shape index (κ2) is 13.0. The van der Waals surface area contributed by atoms with Crippen LogP contribution in [0.2, 0.25) is 10.0 Å². The van der Waals surface area contributed by atoms with Crippen molar-refractivity contribution in [2.75, 3.05) is 49.5 Å². The molecule has 0 spiro atoms. The summed E-state index contributed by atoms with van der Waals surface area (Å²) in [6.45, 7) is 10.8. The molecule has 3 rings (SSSR count). The molecule has 1 fully saturated rings. The van der Waals surface area contributed by atoms with Gasteiger partial charge in [-0.05, 0) is 43.1 Å². The van der Waals surface area contributed by atoms with Gasteiger partial charge in [0.05, 0.1) is 28.9 Å². The van der Waals surface area contributed by atoms with Gasteiger partial charge >= 0.3 is 0 Å². The number of hydrogen-bond acceptors (Lipinski definition) is 6. The van der Waals surface area contributed by atoms with Gasteiger partial charge in [-0.3, -0.25) is 9.69 Å². The van der Waals surface area contributed by atoms with Crippen molar-refractivity contribution < 1.29 is 9.53 Å². The zero-order valence-electron chi connectivity index (χ0n) is 21.0. The fraction of sp³-hybridized carbons (Fsp3) is 0.520. The van der Waals surface area contributed by atoms with E-state index in [9.17, 15) is 4.79 Å². The maximum atomic E-state index is 12.4. The highest BCUT2D eigenvalue weighted by Gasteiger charge is 2.23. The lowest BCUT2D eigenvalue weighted by molar-refractivity contribution is -0.123. The average molecular weight is 534 g/mol. The van der Waals surface area contributed by atoms with Gasteiger partial charge in [-0.1, -0.05) is 55.2 Å². The van der Waals surface area contributed by atoms with Crippen LogP contribution in [0.15, 0.2) is 35.4 Å². The molecule has 194 valence electrons.